The van der Waals surface area contributed by atoms with Gasteiger partial charge in [-0.05, 0) is 37.5 Å². The molecule has 0 bridgehead atoms. The summed E-state index contributed by atoms with van der Waals surface area (Å²) in [6, 6.07) is 0. The molecule has 2 aliphatic rings. The Balaban J connectivity index is 2.03. The molecule has 0 aromatic rings. The monoisotopic (exact) mass is 209 g/mol. The van der Waals surface area contributed by atoms with Crippen LogP contribution in [0.15, 0.2) is 0 Å². The van der Waals surface area contributed by atoms with Crippen LogP contribution in [0.2, 0.25) is 0 Å². The van der Waals surface area contributed by atoms with Gasteiger partial charge in [0.25, 0.3) is 0 Å². The fourth-order valence-electron chi connectivity index (χ4n) is 2.90. The van der Waals surface area contributed by atoms with Crippen LogP contribution in [0.1, 0.15) is 46.0 Å². The topological polar surface area (TPSA) is 46.2 Å². The SMILES string of the molecule is CC(C)C1CCC2(CC1)NC(=O)CC2=O. The molecule has 15 heavy (non-hydrogen) atoms. The van der Waals surface area contributed by atoms with Crippen molar-refractivity contribution < 1.29 is 9.59 Å². The third kappa shape index (κ3) is 1.80. The standard InChI is InChI=1S/C12H19NO2/c1-8(2)9-3-5-12(6-4-9)10(14)7-11(15)13-12/h8-9H,3-7H2,1-2H3,(H,13,15). The molecule has 1 aliphatic carbocycles. The minimum Gasteiger partial charge on any atom is -0.343 e. The molecule has 0 aromatic heterocycles. The summed E-state index contributed by atoms with van der Waals surface area (Å²) in [4.78, 5) is 23.0. The van der Waals surface area contributed by atoms with Gasteiger partial charge in [0.2, 0.25) is 5.91 Å². The van der Waals surface area contributed by atoms with Crippen molar-refractivity contribution >= 4 is 11.7 Å². The summed E-state index contributed by atoms with van der Waals surface area (Å²) in [5.41, 5.74) is -0.470. The average molecular weight is 209 g/mol. The molecule has 2 fully saturated rings. The second-order valence-electron chi connectivity index (χ2n) is 5.31. The van der Waals surface area contributed by atoms with Gasteiger partial charge in [0, 0.05) is 0 Å². The molecule has 1 saturated carbocycles. The van der Waals surface area contributed by atoms with Crippen molar-refractivity contribution in [2.75, 3.05) is 0 Å². The third-order valence-electron chi connectivity index (χ3n) is 4.06. The van der Waals surface area contributed by atoms with Crippen molar-refractivity contribution in [1.29, 1.82) is 0 Å². The Kier molecular flexibility index (Phi) is 2.57. The fourth-order valence-corrected chi connectivity index (χ4v) is 2.90. The Morgan fingerprint density at radius 1 is 1.27 bits per heavy atom. The van der Waals surface area contributed by atoms with E-state index < -0.39 is 5.54 Å². The predicted octanol–water partition coefficient (Wildman–Crippen LogP) is 1.66. The summed E-state index contributed by atoms with van der Waals surface area (Å²) >= 11 is 0. The van der Waals surface area contributed by atoms with E-state index in [4.69, 9.17) is 0 Å². The van der Waals surface area contributed by atoms with Crippen LogP contribution in [0, 0.1) is 11.8 Å². The molecular weight excluding hydrogens is 190 g/mol. The second-order valence-corrected chi connectivity index (χ2v) is 5.31. The zero-order valence-corrected chi connectivity index (χ0v) is 9.51. The highest BCUT2D eigenvalue weighted by atomic mass is 16.2. The summed E-state index contributed by atoms with van der Waals surface area (Å²) in [5, 5.41) is 2.89. The first kappa shape index (κ1) is 10.7. The molecule has 1 aliphatic heterocycles. The van der Waals surface area contributed by atoms with Crippen molar-refractivity contribution in [3.05, 3.63) is 0 Å². The number of rotatable bonds is 1. The lowest BCUT2D eigenvalue weighted by molar-refractivity contribution is -0.124. The molecule has 0 unspecified atom stereocenters. The fraction of sp³-hybridized carbons (Fsp3) is 0.833. The normalized spacial score (nSPS) is 36.3. The lowest BCUT2D eigenvalue weighted by atomic mass is 9.72. The lowest BCUT2D eigenvalue weighted by Gasteiger charge is -2.37. The van der Waals surface area contributed by atoms with E-state index in [2.05, 4.69) is 19.2 Å². The number of nitrogens with one attached hydrogen (secondary N) is 1. The van der Waals surface area contributed by atoms with Crippen LogP contribution < -0.4 is 5.32 Å². The molecule has 84 valence electrons. The molecule has 1 heterocycles. The average Bonchev–Trinajstić information content (AvgIpc) is 2.42. The maximum atomic E-state index is 11.8. The maximum absolute atomic E-state index is 11.8. The summed E-state index contributed by atoms with van der Waals surface area (Å²) in [6.07, 6.45) is 3.94. The Morgan fingerprint density at radius 3 is 2.27 bits per heavy atom. The zero-order valence-electron chi connectivity index (χ0n) is 9.51. The Labute approximate surface area is 90.6 Å². The van der Waals surface area contributed by atoms with Crippen LogP contribution in [0.25, 0.3) is 0 Å². The van der Waals surface area contributed by atoms with Gasteiger partial charge in [0.1, 0.15) is 0 Å². The minimum atomic E-state index is -0.470. The number of amides is 1. The summed E-state index contributed by atoms with van der Waals surface area (Å²) in [5.74, 6) is 1.45. The highest BCUT2D eigenvalue weighted by Crippen LogP contribution is 2.38. The molecule has 0 radical (unpaired) electrons. The number of hydrogen-bond acceptors (Lipinski definition) is 2. The van der Waals surface area contributed by atoms with E-state index in [0.717, 1.165) is 31.6 Å². The van der Waals surface area contributed by atoms with Crippen molar-refractivity contribution in [3.8, 4) is 0 Å². The van der Waals surface area contributed by atoms with Gasteiger partial charge in [0.15, 0.2) is 5.78 Å². The molecule has 2 rings (SSSR count). The molecule has 1 spiro atoms. The highest BCUT2D eigenvalue weighted by molar-refractivity contribution is 6.10. The van der Waals surface area contributed by atoms with Crippen LogP contribution in [0.3, 0.4) is 0 Å². The van der Waals surface area contributed by atoms with Gasteiger partial charge >= 0.3 is 0 Å². The van der Waals surface area contributed by atoms with E-state index in [1.54, 1.807) is 0 Å². The lowest BCUT2D eigenvalue weighted by Crippen LogP contribution is -2.49. The number of carbonyl (C=O) groups is 2. The van der Waals surface area contributed by atoms with Gasteiger partial charge in [-0.3, -0.25) is 9.59 Å². The summed E-state index contributed by atoms with van der Waals surface area (Å²) < 4.78 is 0. The van der Waals surface area contributed by atoms with E-state index in [-0.39, 0.29) is 18.1 Å². The molecule has 1 amide bonds. The second kappa shape index (κ2) is 3.62. The van der Waals surface area contributed by atoms with Crippen molar-refractivity contribution in [1.82, 2.24) is 5.32 Å². The predicted molar refractivity (Wildman–Crippen MR) is 57.3 cm³/mol. The van der Waals surface area contributed by atoms with E-state index in [1.165, 1.54) is 0 Å². The first-order valence-electron chi connectivity index (χ1n) is 5.88. The summed E-state index contributed by atoms with van der Waals surface area (Å²) in [7, 11) is 0. The van der Waals surface area contributed by atoms with Crippen LogP contribution in [0.4, 0.5) is 0 Å². The molecule has 1 saturated heterocycles. The van der Waals surface area contributed by atoms with Crippen molar-refractivity contribution in [2.45, 2.75) is 51.5 Å². The Morgan fingerprint density at radius 2 is 1.87 bits per heavy atom. The smallest absolute Gasteiger partial charge is 0.228 e. The van der Waals surface area contributed by atoms with Gasteiger partial charge < -0.3 is 5.32 Å². The van der Waals surface area contributed by atoms with Crippen LogP contribution in [0.5, 0.6) is 0 Å². The third-order valence-corrected chi connectivity index (χ3v) is 4.06. The highest BCUT2D eigenvalue weighted by Gasteiger charge is 2.47. The number of ketones is 1. The Bertz CT molecular complexity index is 288. The van der Waals surface area contributed by atoms with Crippen LogP contribution in [-0.4, -0.2) is 17.2 Å². The zero-order chi connectivity index (χ0) is 11.1. The van der Waals surface area contributed by atoms with E-state index >= 15 is 0 Å². The van der Waals surface area contributed by atoms with Gasteiger partial charge in [-0.2, -0.15) is 0 Å². The summed E-state index contributed by atoms with van der Waals surface area (Å²) in [6.45, 7) is 4.47. The molecule has 0 aromatic carbocycles. The van der Waals surface area contributed by atoms with Gasteiger partial charge in [0.05, 0.1) is 12.0 Å². The Hall–Kier alpha value is -0.860. The van der Waals surface area contributed by atoms with Crippen molar-refractivity contribution in [2.24, 2.45) is 11.8 Å². The van der Waals surface area contributed by atoms with Crippen LogP contribution in [-0.2, 0) is 9.59 Å². The minimum absolute atomic E-state index is 0.0806. The van der Waals surface area contributed by atoms with Crippen molar-refractivity contribution in [3.63, 3.8) is 0 Å². The van der Waals surface area contributed by atoms with Gasteiger partial charge in [-0.15, -0.1) is 0 Å². The molecule has 3 nitrogen and oxygen atoms in total. The largest absolute Gasteiger partial charge is 0.343 e. The molecule has 0 atom stereocenters. The molecule has 1 N–H and O–H groups in total. The first-order valence-corrected chi connectivity index (χ1v) is 5.88. The number of Topliss-reactive ketones (excluding diaryl/α,β-unsaturated/α-hetero) is 1. The molecule has 3 heteroatoms. The maximum Gasteiger partial charge on any atom is 0.228 e. The number of carbonyl (C=O) groups excluding carboxylic acids is 2. The van der Waals surface area contributed by atoms with E-state index in [0.29, 0.717) is 5.92 Å². The molecular formula is C12H19NO2. The quantitative estimate of drug-likeness (QED) is 0.668. The van der Waals surface area contributed by atoms with Crippen LogP contribution >= 0.6 is 0 Å². The van der Waals surface area contributed by atoms with Gasteiger partial charge in [-0.25, -0.2) is 0 Å². The van der Waals surface area contributed by atoms with Gasteiger partial charge in [-0.1, -0.05) is 13.8 Å². The first-order chi connectivity index (χ1) is 7.03. The number of hydrogen-bond donors (Lipinski definition) is 1. The van der Waals surface area contributed by atoms with E-state index in [9.17, 15) is 9.59 Å². The van der Waals surface area contributed by atoms with E-state index in [1.807, 2.05) is 0 Å².